The fourth-order valence-electron chi connectivity index (χ4n) is 1.48. The van der Waals surface area contributed by atoms with Crippen LogP contribution in [0.4, 0.5) is 0 Å². The molecule has 0 aliphatic rings. The van der Waals surface area contributed by atoms with Gasteiger partial charge in [-0.1, -0.05) is 0 Å². The minimum Gasteiger partial charge on any atom is -0.396 e. The molecule has 1 heterocycles. The fourth-order valence-corrected chi connectivity index (χ4v) is 2.13. The number of amides is 1. The molecule has 0 saturated heterocycles. The van der Waals surface area contributed by atoms with Crippen LogP contribution in [0, 0.1) is 0 Å². The van der Waals surface area contributed by atoms with Crippen LogP contribution in [0.3, 0.4) is 0 Å². The highest BCUT2D eigenvalue weighted by Crippen LogP contribution is 2.04. The van der Waals surface area contributed by atoms with Gasteiger partial charge in [0.1, 0.15) is 0 Å². The highest BCUT2D eigenvalue weighted by Gasteiger charge is 2.14. The average molecular weight is 257 g/mol. The zero-order chi connectivity index (χ0) is 12.7. The zero-order valence-corrected chi connectivity index (χ0v) is 11.0. The van der Waals surface area contributed by atoms with Crippen molar-refractivity contribution in [3.05, 3.63) is 18.0 Å². The van der Waals surface area contributed by atoms with Crippen molar-refractivity contribution in [3.63, 3.8) is 0 Å². The van der Waals surface area contributed by atoms with E-state index in [1.54, 1.807) is 28.8 Å². The molecule has 96 valence electrons. The van der Waals surface area contributed by atoms with Crippen molar-refractivity contribution < 1.29 is 9.90 Å². The molecular weight excluding hydrogens is 238 g/mol. The first-order chi connectivity index (χ1) is 8.21. The lowest BCUT2D eigenvalue weighted by atomic mass is 10.2. The first-order valence-corrected chi connectivity index (χ1v) is 7.03. The first kappa shape index (κ1) is 14.1. The van der Waals surface area contributed by atoms with Gasteiger partial charge in [-0.3, -0.25) is 9.48 Å². The van der Waals surface area contributed by atoms with Gasteiger partial charge >= 0.3 is 0 Å². The first-order valence-electron chi connectivity index (χ1n) is 5.64. The molecule has 0 aliphatic heterocycles. The van der Waals surface area contributed by atoms with Gasteiger partial charge in [0.05, 0.1) is 11.8 Å². The van der Waals surface area contributed by atoms with E-state index in [-0.39, 0.29) is 18.6 Å². The molecule has 0 spiro atoms. The Morgan fingerprint density at radius 3 is 3.00 bits per heavy atom. The maximum absolute atomic E-state index is 11.9. The second-order valence-corrected chi connectivity index (χ2v) is 4.63. The summed E-state index contributed by atoms with van der Waals surface area (Å²) in [6, 6.07) is 0.00692. The van der Waals surface area contributed by atoms with E-state index in [1.807, 2.05) is 13.2 Å². The van der Waals surface area contributed by atoms with Crippen LogP contribution in [0.15, 0.2) is 12.4 Å². The third kappa shape index (κ3) is 4.40. The molecule has 1 rings (SSSR count). The van der Waals surface area contributed by atoms with Crippen LogP contribution < -0.4 is 5.32 Å². The number of thioether (sulfide) groups is 1. The molecule has 1 amide bonds. The molecule has 1 aromatic heterocycles. The Hall–Kier alpha value is -1.01. The standard InChI is InChI=1S/C11H19N3O2S/c1-3-14-7-9(6-12-14)11(16)13-10(4-5-15)8-17-2/h6-7,10,15H,3-5,8H2,1-2H3,(H,13,16). The van der Waals surface area contributed by atoms with Gasteiger partial charge in [-0.2, -0.15) is 16.9 Å². The summed E-state index contributed by atoms with van der Waals surface area (Å²) in [4.78, 5) is 11.9. The number of aliphatic hydroxyl groups is 1. The van der Waals surface area contributed by atoms with Crippen LogP contribution in [-0.4, -0.2) is 45.5 Å². The van der Waals surface area contributed by atoms with Gasteiger partial charge < -0.3 is 10.4 Å². The molecule has 1 aromatic rings. The van der Waals surface area contributed by atoms with Crippen LogP contribution in [0.1, 0.15) is 23.7 Å². The number of aryl methyl sites for hydroxylation is 1. The molecular formula is C11H19N3O2S. The van der Waals surface area contributed by atoms with Crippen molar-refractivity contribution in [2.75, 3.05) is 18.6 Å². The van der Waals surface area contributed by atoms with E-state index in [9.17, 15) is 4.79 Å². The van der Waals surface area contributed by atoms with Gasteiger partial charge in [0.25, 0.3) is 5.91 Å². The van der Waals surface area contributed by atoms with Gasteiger partial charge in [0, 0.05) is 31.1 Å². The fraction of sp³-hybridized carbons (Fsp3) is 0.636. The highest BCUT2D eigenvalue weighted by atomic mass is 32.2. The number of hydrogen-bond donors (Lipinski definition) is 2. The third-order valence-electron chi connectivity index (χ3n) is 2.40. The summed E-state index contributed by atoms with van der Waals surface area (Å²) in [7, 11) is 0. The molecule has 0 saturated carbocycles. The largest absolute Gasteiger partial charge is 0.396 e. The van der Waals surface area contributed by atoms with Gasteiger partial charge in [0.15, 0.2) is 0 Å². The molecule has 0 aliphatic carbocycles. The van der Waals surface area contributed by atoms with Gasteiger partial charge in [-0.05, 0) is 19.6 Å². The van der Waals surface area contributed by atoms with E-state index < -0.39 is 0 Å². The minimum absolute atomic E-state index is 0.00692. The SMILES string of the molecule is CCn1cc(C(=O)NC(CCO)CSC)cn1. The lowest BCUT2D eigenvalue weighted by Gasteiger charge is -2.15. The van der Waals surface area contributed by atoms with E-state index in [0.29, 0.717) is 12.0 Å². The Morgan fingerprint density at radius 2 is 2.47 bits per heavy atom. The molecule has 6 heteroatoms. The van der Waals surface area contributed by atoms with Gasteiger partial charge in [-0.25, -0.2) is 0 Å². The van der Waals surface area contributed by atoms with Gasteiger partial charge in [-0.15, -0.1) is 0 Å². The van der Waals surface area contributed by atoms with E-state index in [4.69, 9.17) is 5.11 Å². The Bertz CT molecular complexity index is 348. The summed E-state index contributed by atoms with van der Waals surface area (Å²) < 4.78 is 1.71. The van der Waals surface area contributed by atoms with E-state index >= 15 is 0 Å². The van der Waals surface area contributed by atoms with Crippen LogP contribution >= 0.6 is 11.8 Å². The number of aliphatic hydroxyl groups excluding tert-OH is 1. The normalized spacial score (nSPS) is 12.4. The van der Waals surface area contributed by atoms with Crippen molar-refractivity contribution in [2.45, 2.75) is 25.9 Å². The molecule has 0 aromatic carbocycles. The smallest absolute Gasteiger partial charge is 0.254 e. The molecule has 2 N–H and O–H groups in total. The van der Waals surface area contributed by atoms with E-state index in [0.717, 1.165) is 12.3 Å². The summed E-state index contributed by atoms with van der Waals surface area (Å²) in [6.45, 7) is 2.80. The summed E-state index contributed by atoms with van der Waals surface area (Å²) in [5.74, 6) is 0.672. The Kier molecular flexibility index (Phi) is 6.07. The molecule has 17 heavy (non-hydrogen) atoms. The van der Waals surface area contributed by atoms with Crippen molar-refractivity contribution in [1.82, 2.24) is 15.1 Å². The second kappa shape index (κ2) is 7.34. The Labute approximate surface area is 106 Å². The molecule has 0 fully saturated rings. The number of hydrogen-bond acceptors (Lipinski definition) is 4. The van der Waals surface area contributed by atoms with Crippen LogP contribution in [0.25, 0.3) is 0 Å². The number of rotatable bonds is 7. The maximum atomic E-state index is 11.9. The predicted octanol–water partition coefficient (Wildman–Crippen LogP) is 0.747. The summed E-state index contributed by atoms with van der Waals surface area (Å²) in [6.07, 6.45) is 5.85. The van der Waals surface area contributed by atoms with E-state index in [2.05, 4.69) is 10.4 Å². The lowest BCUT2D eigenvalue weighted by molar-refractivity contribution is 0.0935. The Morgan fingerprint density at radius 1 is 1.71 bits per heavy atom. The predicted molar refractivity (Wildman–Crippen MR) is 69.2 cm³/mol. The second-order valence-electron chi connectivity index (χ2n) is 3.72. The number of carbonyl (C=O) groups excluding carboxylic acids is 1. The van der Waals surface area contributed by atoms with Crippen molar-refractivity contribution in [3.8, 4) is 0 Å². The number of nitrogens with zero attached hydrogens (tertiary/aromatic N) is 2. The minimum atomic E-state index is -0.128. The van der Waals surface area contributed by atoms with Gasteiger partial charge in [0.2, 0.25) is 0 Å². The van der Waals surface area contributed by atoms with E-state index in [1.165, 1.54) is 0 Å². The molecule has 0 radical (unpaired) electrons. The monoisotopic (exact) mass is 257 g/mol. The molecule has 0 bridgehead atoms. The topological polar surface area (TPSA) is 67.2 Å². The number of aromatic nitrogens is 2. The average Bonchev–Trinajstić information content (AvgIpc) is 2.78. The Balaban J connectivity index is 2.56. The zero-order valence-electron chi connectivity index (χ0n) is 10.2. The maximum Gasteiger partial charge on any atom is 0.254 e. The van der Waals surface area contributed by atoms with Crippen molar-refractivity contribution in [1.29, 1.82) is 0 Å². The number of nitrogens with one attached hydrogen (secondary N) is 1. The highest BCUT2D eigenvalue weighted by molar-refractivity contribution is 7.98. The summed E-state index contributed by atoms with van der Waals surface area (Å²) in [5.41, 5.74) is 0.566. The number of carbonyl (C=O) groups is 1. The lowest BCUT2D eigenvalue weighted by Crippen LogP contribution is -2.37. The molecule has 1 unspecified atom stereocenters. The molecule has 5 nitrogen and oxygen atoms in total. The van der Waals surface area contributed by atoms with Crippen LogP contribution in [0.5, 0.6) is 0 Å². The quantitative estimate of drug-likeness (QED) is 0.756. The summed E-state index contributed by atoms with van der Waals surface area (Å²) >= 11 is 1.65. The molecule has 1 atom stereocenters. The van der Waals surface area contributed by atoms with Crippen molar-refractivity contribution in [2.24, 2.45) is 0 Å². The van der Waals surface area contributed by atoms with Crippen molar-refractivity contribution >= 4 is 17.7 Å². The van der Waals surface area contributed by atoms with Crippen LogP contribution in [0.2, 0.25) is 0 Å². The third-order valence-corrected chi connectivity index (χ3v) is 3.14. The van der Waals surface area contributed by atoms with Crippen LogP contribution in [-0.2, 0) is 6.54 Å². The summed E-state index contributed by atoms with van der Waals surface area (Å²) in [5, 5.41) is 15.9.